The maximum atomic E-state index is 13.1. The average molecular weight is 403 g/mol. The van der Waals surface area contributed by atoms with Gasteiger partial charge < -0.3 is 10.2 Å². The van der Waals surface area contributed by atoms with E-state index in [0.717, 1.165) is 18.5 Å². The molecule has 29 heavy (non-hydrogen) atoms. The zero-order valence-electron chi connectivity index (χ0n) is 15.3. The third kappa shape index (κ3) is 3.75. The molecule has 0 saturated heterocycles. The molecule has 2 amide bonds. The van der Waals surface area contributed by atoms with E-state index in [0.29, 0.717) is 23.6 Å². The molecule has 0 saturated carbocycles. The van der Waals surface area contributed by atoms with Crippen molar-refractivity contribution in [3.63, 3.8) is 0 Å². The second kappa shape index (κ2) is 7.49. The highest BCUT2D eigenvalue weighted by Gasteiger charge is 2.30. The molecule has 0 aromatic carbocycles. The van der Waals surface area contributed by atoms with Crippen LogP contribution >= 0.6 is 0 Å². The third-order valence-corrected chi connectivity index (χ3v) is 4.62. The molecule has 3 aromatic heterocycles. The number of hydrogen-bond donors (Lipinski definition) is 1. The van der Waals surface area contributed by atoms with Gasteiger partial charge in [-0.2, -0.15) is 5.10 Å². The number of aromatic nitrogens is 5. The van der Waals surface area contributed by atoms with E-state index < -0.39 is 24.0 Å². The van der Waals surface area contributed by atoms with Crippen molar-refractivity contribution in [2.45, 2.75) is 32.5 Å². The van der Waals surface area contributed by atoms with E-state index in [2.05, 4.69) is 25.4 Å². The highest BCUT2D eigenvalue weighted by molar-refractivity contribution is 5.89. The van der Waals surface area contributed by atoms with Crippen molar-refractivity contribution in [1.29, 1.82) is 0 Å². The van der Waals surface area contributed by atoms with Gasteiger partial charge in [-0.05, 0) is 19.1 Å². The number of urea groups is 1. The fourth-order valence-corrected chi connectivity index (χ4v) is 3.15. The summed E-state index contributed by atoms with van der Waals surface area (Å²) >= 11 is 0. The minimum atomic E-state index is -2.73. The second-order valence-electron chi connectivity index (χ2n) is 6.59. The molecule has 3 aromatic rings. The van der Waals surface area contributed by atoms with Crippen LogP contribution in [0.3, 0.4) is 0 Å². The molecule has 1 aliphatic rings. The molecule has 0 radical (unpaired) electrons. The zero-order valence-corrected chi connectivity index (χ0v) is 15.3. The first-order valence-corrected chi connectivity index (χ1v) is 8.76. The first kappa shape index (κ1) is 18.8. The van der Waals surface area contributed by atoms with Crippen LogP contribution in [0, 0.1) is 5.82 Å². The van der Waals surface area contributed by atoms with Gasteiger partial charge in [0.05, 0.1) is 49.0 Å². The number of fused-ring (bicyclic) bond motifs is 1. The molecule has 8 nitrogen and oxygen atoms in total. The van der Waals surface area contributed by atoms with Gasteiger partial charge in [0, 0.05) is 11.9 Å². The largest absolute Gasteiger partial charge is 0.322 e. The Balaban J connectivity index is 1.56. The summed E-state index contributed by atoms with van der Waals surface area (Å²) in [7, 11) is 0. The second-order valence-corrected chi connectivity index (χ2v) is 6.59. The summed E-state index contributed by atoms with van der Waals surface area (Å²) in [6.07, 6.45) is 2.19. The highest BCUT2D eigenvalue weighted by atomic mass is 19.3. The first-order valence-electron chi connectivity index (χ1n) is 8.76. The standard InChI is InChI=1S/C18H16F3N7O/c1-10-8-28-15(13(7-25-28)17-23-5-11(19)6-24-17)9-27(10)18(29)26-12-2-3-22-14(4-12)16(20)21/h2-7,10,16H,8-9H2,1H3,(H,22,26,29). The maximum Gasteiger partial charge on any atom is 0.322 e. The molecule has 0 aliphatic carbocycles. The highest BCUT2D eigenvalue weighted by Crippen LogP contribution is 2.27. The smallest absolute Gasteiger partial charge is 0.314 e. The number of pyridine rings is 1. The van der Waals surface area contributed by atoms with Crippen molar-refractivity contribution in [3.05, 3.63) is 54.1 Å². The number of alkyl halides is 2. The molecule has 0 bridgehead atoms. The number of hydrogen-bond acceptors (Lipinski definition) is 5. The Morgan fingerprint density at radius 1 is 1.24 bits per heavy atom. The topological polar surface area (TPSA) is 88.8 Å². The molecule has 0 spiro atoms. The van der Waals surface area contributed by atoms with E-state index in [9.17, 15) is 18.0 Å². The Labute approximate surface area is 163 Å². The van der Waals surface area contributed by atoms with Gasteiger partial charge >= 0.3 is 6.03 Å². The Bertz CT molecular complexity index is 1040. The number of amides is 2. The van der Waals surface area contributed by atoms with Gasteiger partial charge in [-0.3, -0.25) is 9.67 Å². The number of nitrogens with one attached hydrogen (secondary N) is 1. The van der Waals surface area contributed by atoms with Crippen LogP contribution in [0.2, 0.25) is 0 Å². The van der Waals surface area contributed by atoms with Crippen LogP contribution in [-0.4, -0.2) is 41.7 Å². The van der Waals surface area contributed by atoms with Gasteiger partial charge in [0.2, 0.25) is 0 Å². The number of rotatable bonds is 3. The van der Waals surface area contributed by atoms with Gasteiger partial charge in [-0.25, -0.2) is 27.9 Å². The van der Waals surface area contributed by atoms with Crippen molar-refractivity contribution in [3.8, 4) is 11.4 Å². The molecule has 1 unspecified atom stereocenters. The number of halogens is 3. The summed E-state index contributed by atoms with van der Waals surface area (Å²) < 4.78 is 40.5. The van der Waals surface area contributed by atoms with Crippen molar-refractivity contribution in [1.82, 2.24) is 29.6 Å². The molecule has 1 N–H and O–H groups in total. The number of nitrogens with zero attached hydrogens (tertiary/aromatic N) is 6. The van der Waals surface area contributed by atoms with Gasteiger partial charge in [-0.15, -0.1) is 0 Å². The predicted octanol–water partition coefficient (Wildman–Crippen LogP) is 3.25. The normalized spacial score (nSPS) is 16.0. The Kier molecular flexibility index (Phi) is 4.87. The summed E-state index contributed by atoms with van der Waals surface area (Å²) in [5.41, 5.74) is 1.11. The fraction of sp³-hybridized carbons (Fsp3) is 0.278. The summed E-state index contributed by atoms with van der Waals surface area (Å²) in [5, 5.41) is 6.94. The van der Waals surface area contributed by atoms with Crippen LogP contribution in [0.25, 0.3) is 11.4 Å². The van der Waals surface area contributed by atoms with E-state index in [1.54, 1.807) is 15.8 Å². The first-order chi connectivity index (χ1) is 13.9. The molecule has 11 heteroatoms. The van der Waals surface area contributed by atoms with Crippen molar-refractivity contribution in [2.24, 2.45) is 0 Å². The van der Waals surface area contributed by atoms with E-state index in [-0.39, 0.29) is 18.3 Å². The van der Waals surface area contributed by atoms with Crippen molar-refractivity contribution < 1.29 is 18.0 Å². The molecule has 4 heterocycles. The van der Waals surface area contributed by atoms with Crippen molar-refractivity contribution in [2.75, 3.05) is 5.32 Å². The Hall–Kier alpha value is -3.50. The lowest BCUT2D eigenvalue weighted by atomic mass is 10.1. The Morgan fingerprint density at radius 2 is 2.00 bits per heavy atom. The Morgan fingerprint density at radius 3 is 2.72 bits per heavy atom. The summed E-state index contributed by atoms with van der Waals surface area (Å²) in [6, 6.07) is 1.95. The van der Waals surface area contributed by atoms with Crippen LogP contribution < -0.4 is 5.32 Å². The minimum absolute atomic E-state index is 0.194. The SMILES string of the molecule is CC1Cn2ncc(-c3ncc(F)cn3)c2CN1C(=O)Nc1ccnc(C(F)F)c1. The fourth-order valence-electron chi connectivity index (χ4n) is 3.15. The molecule has 1 atom stereocenters. The minimum Gasteiger partial charge on any atom is -0.314 e. The van der Waals surface area contributed by atoms with Crippen LogP contribution in [0.1, 0.15) is 24.7 Å². The van der Waals surface area contributed by atoms with Gasteiger partial charge in [0.1, 0.15) is 5.69 Å². The van der Waals surface area contributed by atoms with Gasteiger partial charge in [-0.1, -0.05) is 0 Å². The monoisotopic (exact) mass is 403 g/mol. The van der Waals surface area contributed by atoms with Crippen LogP contribution in [-0.2, 0) is 13.1 Å². The van der Waals surface area contributed by atoms with Crippen LogP contribution in [0.4, 0.5) is 23.7 Å². The van der Waals surface area contributed by atoms with E-state index in [4.69, 9.17) is 0 Å². The quantitative estimate of drug-likeness (QED) is 0.725. The van der Waals surface area contributed by atoms with Gasteiger partial charge in [0.15, 0.2) is 11.6 Å². The van der Waals surface area contributed by atoms with Crippen LogP contribution in [0.15, 0.2) is 36.9 Å². The number of carbonyl (C=O) groups is 1. The third-order valence-electron chi connectivity index (χ3n) is 4.62. The maximum absolute atomic E-state index is 13.1. The van der Waals surface area contributed by atoms with E-state index in [1.807, 2.05) is 6.92 Å². The van der Waals surface area contributed by atoms with Crippen molar-refractivity contribution >= 4 is 11.7 Å². The molecular weight excluding hydrogens is 387 g/mol. The molecule has 150 valence electrons. The van der Waals surface area contributed by atoms with E-state index >= 15 is 0 Å². The number of anilines is 1. The lowest BCUT2D eigenvalue weighted by Crippen LogP contribution is -2.47. The lowest BCUT2D eigenvalue weighted by molar-refractivity contribution is 0.146. The average Bonchev–Trinajstić information content (AvgIpc) is 3.10. The molecular formula is C18H16F3N7O. The van der Waals surface area contributed by atoms with E-state index in [1.165, 1.54) is 12.3 Å². The predicted molar refractivity (Wildman–Crippen MR) is 96.4 cm³/mol. The molecule has 1 aliphatic heterocycles. The summed E-state index contributed by atoms with van der Waals surface area (Å²) in [5.74, 6) is -0.247. The zero-order chi connectivity index (χ0) is 20.5. The van der Waals surface area contributed by atoms with Gasteiger partial charge in [0.25, 0.3) is 6.43 Å². The van der Waals surface area contributed by atoms with Crippen LogP contribution in [0.5, 0.6) is 0 Å². The molecule has 0 fully saturated rings. The number of carbonyl (C=O) groups excluding carboxylic acids is 1. The summed E-state index contributed by atoms with van der Waals surface area (Å²) in [4.78, 5) is 25.9. The lowest BCUT2D eigenvalue weighted by Gasteiger charge is -2.34. The summed E-state index contributed by atoms with van der Waals surface area (Å²) in [6.45, 7) is 2.49. The molecule has 4 rings (SSSR count).